The summed E-state index contributed by atoms with van der Waals surface area (Å²) in [7, 11) is 0. The summed E-state index contributed by atoms with van der Waals surface area (Å²) in [5.74, 6) is -1.37. The second kappa shape index (κ2) is 14.0. The largest absolute Gasteiger partial charge is 0.480 e. The Morgan fingerprint density at radius 2 is 1.50 bits per heavy atom. The molecule has 0 saturated heterocycles. The van der Waals surface area contributed by atoms with Gasteiger partial charge in [-0.05, 0) is 53.2 Å². The molecule has 210 valence electrons. The molecular formula is C31H34N2O6S. The number of carbonyl (C=O) groups excluding carboxylic acids is 2. The average Bonchev–Trinajstić information content (AvgIpc) is 3.29. The molecule has 9 heteroatoms. The number of fused-ring (bicyclic) bond motifs is 3. The van der Waals surface area contributed by atoms with Crippen molar-refractivity contribution < 1.29 is 29.0 Å². The van der Waals surface area contributed by atoms with Crippen LogP contribution in [0, 0.1) is 0 Å². The molecule has 2 amide bonds. The van der Waals surface area contributed by atoms with Crippen molar-refractivity contribution in [3.05, 3.63) is 95.6 Å². The number of carbonyl (C=O) groups is 3. The maximum atomic E-state index is 13.3. The van der Waals surface area contributed by atoms with E-state index in [0.717, 1.165) is 27.8 Å². The lowest BCUT2D eigenvalue weighted by Crippen LogP contribution is -2.56. The number of alkyl carbamates (subject to hydrolysis) is 1. The van der Waals surface area contributed by atoms with Crippen LogP contribution in [0.25, 0.3) is 11.1 Å². The van der Waals surface area contributed by atoms with Crippen molar-refractivity contribution >= 4 is 29.7 Å². The molecular weight excluding hydrogens is 528 g/mol. The fourth-order valence-corrected chi connectivity index (χ4v) is 5.29. The van der Waals surface area contributed by atoms with Gasteiger partial charge in [0.05, 0.1) is 12.7 Å². The Kier molecular flexibility index (Phi) is 10.2. The third-order valence-electron chi connectivity index (χ3n) is 6.95. The van der Waals surface area contributed by atoms with Crippen molar-refractivity contribution in [2.75, 3.05) is 18.6 Å². The van der Waals surface area contributed by atoms with Gasteiger partial charge in [-0.2, -0.15) is 11.8 Å². The molecule has 0 heterocycles. The number of carboxylic acids is 1. The molecule has 0 aliphatic heterocycles. The molecule has 1 aliphatic carbocycles. The van der Waals surface area contributed by atoms with Gasteiger partial charge in [-0.15, -0.1) is 0 Å². The summed E-state index contributed by atoms with van der Waals surface area (Å²) >= 11 is 1.49. The lowest BCUT2D eigenvalue weighted by atomic mass is 9.98. The highest BCUT2D eigenvalue weighted by Gasteiger charge is 2.33. The zero-order valence-electron chi connectivity index (χ0n) is 22.5. The second-order valence-electron chi connectivity index (χ2n) is 9.63. The Morgan fingerprint density at radius 1 is 0.900 bits per heavy atom. The first-order valence-electron chi connectivity index (χ1n) is 13.2. The summed E-state index contributed by atoms with van der Waals surface area (Å²) in [6.07, 6.45) is 0.560. The van der Waals surface area contributed by atoms with Crippen LogP contribution in [0.15, 0.2) is 78.9 Å². The van der Waals surface area contributed by atoms with Crippen molar-refractivity contribution in [3.63, 3.8) is 0 Å². The maximum Gasteiger partial charge on any atom is 0.407 e. The third kappa shape index (κ3) is 7.22. The molecule has 0 bridgehead atoms. The van der Waals surface area contributed by atoms with Crippen LogP contribution in [-0.2, 0) is 25.7 Å². The minimum atomic E-state index is -1.17. The number of amides is 2. The van der Waals surface area contributed by atoms with E-state index in [9.17, 15) is 19.5 Å². The summed E-state index contributed by atoms with van der Waals surface area (Å²) < 4.78 is 11.6. The summed E-state index contributed by atoms with van der Waals surface area (Å²) in [6, 6.07) is 23.2. The molecule has 3 aromatic carbocycles. The fourth-order valence-electron chi connectivity index (χ4n) is 4.82. The number of benzene rings is 3. The van der Waals surface area contributed by atoms with Crippen LogP contribution in [0.2, 0.25) is 0 Å². The van der Waals surface area contributed by atoms with Crippen LogP contribution >= 0.6 is 11.8 Å². The van der Waals surface area contributed by atoms with Gasteiger partial charge in [0.2, 0.25) is 5.91 Å². The average molecular weight is 563 g/mol. The molecule has 0 radical (unpaired) electrons. The number of rotatable bonds is 13. The van der Waals surface area contributed by atoms with Gasteiger partial charge < -0.3 is 25.2 Å². The van der Waals surface area contributed by atoms with Gasteiger partial charge in [0.25, 0.3) is 0 Å². The molecule has 3 atom stereocenters. The van der Waals surface area contributed by atoms with E-state index in [4.69, 9.17) is 9.47 Å². The predicted molar refractivity (Wildman–Crippen MR) is 155 cm³/mol. The number of aliphatic carboxylic acids is 1. The number of carboxylic acid groups (broad SMARTS) is 1. The topological polar surface area (TPSA) is 114 Å². The minimum Gasteiger partial charge on any atom is -0.480 e. The SMILES string of the molecule is CSCC[C@@H](NC(=O)C(NC(=O)OCC1c2ccccc2-c2ccccc21)C(C)OCc1ccccc1)C(=O)O. The Morgan fingerprint density at radius 3 is 2.10 bits per heavy atom. The lowest BCUT2D eigenvalue weighted by molar-refractivity contribution is -0.142. The zero-order valence-corrected chi connectivity index (χ0v) is 23.4. The van der Waals surface area contributed by atoms with E-state index in [1.54, 1.807) is 6.92 Å². The number of nitrogens with one attached hydrogen (secondary N) is 2. The van der Waals surface area contributed by atoms with E-state index >= 15 is 0 Å². The van der Waals surface area contributed by atoms with Gasteiger partial charge in [0.15, 0.2) is 0 Å². The van der Waals surface area contributed by atoms with Crippen molar-refractivity contribution in [2.24, 2.45) is 0 Å². The normalized spacial score (nSPS) is 14.3. The van der Waals surface area contributed by atoms with Gasteiger partial charge in [0.1, 0.15) is 18.7 Å². The monoisotopic (exact) mass is 562 g/mol. The first kappa shape index (κ1) is 29.2. The second-order valence-corrected chi connectivity index (χ2v) is 10.6. The first-order valence-corrected chi connectivity index (χ1v) is 14.6. The number of ether oxygens (including phenoxy) is 2. The maximum absolute atomic E-state index is 13.3. The number of hydrogen-bond donors (Lipinski definition) is 3. The molecule has 0 fully saturated rings. The van der Waals surface area contributed by atoms with E-state index in [0.29, 0.717) is 5.75 Å². The van der Waals surface area contributed by atoms with Crippen LogP contribution < -0.4 is 10.6 Å². The van der Waals surface area contributed by atoms with Crippen molar-refractivity contribution in [2.45, 2.75) is 44.1 Å². The van der Waals surface area contributed by atoms with Gasteiger partial charge >= 0.3 is 12.1 Å². The molecule has 4 rings (SSSR count). The number of thioether (sulfide) groups is 1. The predicted octanol–water partition coefficient (Wildman–Crippen LogP) is 4.82. The van der Waals surface area contributed by atoms with Gasteiger partial charge in [-0.25, -0.2) is 9.59 Å². The molecule has 2 unspecified atom stereocenters. The van der Waals surface area contributed by atoms with Gasteiger partial charge in [0, 0.05) is 5.92 Å². The molecule has 40 heavy (non-hydrogen) atoms. The highest BCUT2D eigenvalue weighted by Crippen LogP contribution is 2.44. The van der Waals surface area contributed by atoms with Crippen molar-refractivity contribution in [1.29, 1.82) is 0 Å². The number of hydrogen-bond acceptors (Lipinski definition) is 6. The Hall–Kier alpha value is -3.82. The molecule has 1 aliphatic rings. The molecule has 8 nitrogen and oxygen atoms in total. The van der Waals surface area contributed by atoms with Crippen LogP contribution in [0.5, 0.6) is 0 Å². The van der Waals surface area contributed by atoms with Crippen LogP contribution in [0.1, 0.15) is 36.0 Å². The summed E-state index contributed by atoms with van der Waals surface area (Å²) in [6.45, 7) is 1.96. The quantitative estimate of drug-likeness (QED) is 0.274. The third-order valence-corrected chi connectivity index (χ3v) is 7.59. The van der Waals surface area contributed by atoms with Crippen LogP contribution in [0.4, 0.5) is 4.79 Å². The van der Waals surface area contributed by atoms with Crippen LogP contribution in [-0.4, -0.2) is 59.9 Å². The molecule has 3 aromatic rings. The smallest absolute Gasteiger partial charge is 0.407 e. The molecule has 0 saturated carbocycles. The van der Waals surface area contributed by atoms with Crippen molar-refractivity contribution in [3.8, 4) is 11.1 Å². The first-order chi connectivity index (χ1) is 19.4. The van der Waals surface area contributed by atoms with Crippen LogP contribution in [0.3, 0.4) is 0 Å². The van der Waals surface area contributed by atoms with Crippen molar-refractivity contribution in [1.82, 2.24) is 10.6 Å². The van der Waals surface area contributed by atoms with E-state index in [1.165, 1.54) is 11.8 Å². The molecule has 0 aromatic heterocycles. The standard InChI is InChI=1S/C31H34N2O6S/c1-20(38-18-21-10-4-3-5-11-21)28(29(34)32-27(30(35)36)16-17-40-2)33-31(37)39-19-26-24-14-8-6-12-22(24)23-13-7-9-15-25(23)26/h3-15,20,26-28H,16-19H2,1-2H3,(H,32,34)(H,33,37)(H,35,36)/t20?,27-,28?/m1/s1. The summed E-state index contributed by atoms with van der Waals surface area (Å²) in [5, 5.41) is 14.8. The fraction of sp³-hybridized carbons (Fsp3) is 0.323. The summed E-state index contributed by atoms with van der Waals surface area (Å²) in [5.41, 5.74) is 5.26. The highest BCUT2D eigenvalue weighted by atomic mass is 32.2. The highest BCUT2D eigenvalue weighted by molar-refractivity contribution is 7.98. The van der Waals surface area contributed by atoms with E-state index in [-0.39, 0.29) is 25.6 Å². The van der Waals surface area contributed by atoms with E-state index < -0.39 is 36.2 Å². The summed E-state index contributed by atoms with van der Waals surface area (Å²) in [4.78, 5) is 38.0. The Bertz CT molecular complexity index is 1270. The van der Waals surface area contributed by atoms with Gasteiger partial charge in [-0.1, -0.05) is 78.9 Å². The zero-order chi connectivity index (χ0) is 28.5. The molecule has 0 spiro atoms. The minimum absolute atomic E-state index is 0.0823. The van der Waals surface area contributed by atoms with E-state index in [2.05, 4.69) is 22.8 Å². The molecule has 3 N–H and O–H groups in total. The Balaban J connectivity index is 1.45. The Labute approximate surface area is 238 Å². The lowest BCUT2D eigenvalue weighted by Gasteiger charge is -2.26. The van der Waals surface area contributed by atoms with Gasteiger partial charge in [-0.3, -0.25) is 4.79 Å². The van der Waals surface area contributed by atoms with E-state index in [1.807, 2.05) is 73.0 Å².